The minimum absolute atomic E-state index is 0.0220. The van der Waals surface area contributed by atoms with Gasteiger partial charge in [-0.25, -0.2) is 4.98 Å². The third kappa shape index (κ3) is 2.70. The Balaban J connectivity index is 1.84. The molecule has 0 saturated heterocycles. The molecule has 0 aromatic carbocycles. The molecule has 4 aromatic heterocycles. The zero-order chi connectivity index (χ0) is 18.3. The largest absolute Gasteiger partial charge is 0.418 e. The zero-order valence-electron chi connectivity index (χ0n) is 12.8. The van der Waals surface area contributed by atoms with Gasteiger partial charge >= 0.3 is 6.18 Å². The third-order valence-corrected chi connectivity index (χ3v) is 3.60. The van der Waals surface area contributed by atoms with Gasteiger partial charge in [0.2, 0.25) is 5.82 Å². The Morgan fingerprint density at radius 2 is 1.85 bits per heavy atom. The van der Waals surface area contributed by atoms with Crippen molar-refractivity contribution in [2.24, 2.45) is 0 Å². The van der Waals surface area contributed by atoms with Gasteiger partial charge in [-0.2, -0.15) is 18.2 Å². The molecule has 0 bridgehead atoms. The normalized spacial score (nSPS) is 11.8. The molecule has 10 heteroatoms. The second kappa shape index (κ2) is 5.76. The molecular formula is C16H8F3N5O2. The maximum Gasteiger partial charge on any atom is 0.418 e. The van der Waals surface area contributed by atoms with Crippen LogP contribution in [0.5, 0.6) is 0 Å². The van der Waals surface area contributed by atoms with Crippen molar-refractivity contribution in [3.8, 4) is 23.0 Å². The highest BCUT2D eigenvalue weighted by molar-refractivity contribution is 5.78. The number of pyridine rings is 3. The number of nitrogens with one attached hydrogen (secondary N) is 1. The van der Waals surface area contributed by atoms with E-state index in [1.807, 2.05) is 0 Å². The first-order valence-electron chi connectivity index (χ1n) is 7.28. The summed E-state index contributed by atoms with van der Waals surface area (Å²) in [5.41, 5.74) is -1.64. The van der Waals surface area contributed by atoms with Crippen molar-refractivity contribution < 1.29 is 17.7 Å². The predicted molar refractivity (Wildman–Crippen MR) is 83.9 cm³/mol. The van der Waals surface area contributed by atoms with E-state index in [2.05, 4.69) is 25.1 Å². The number of hydrogen-bond donors (Lipinski definition) is 1. The summed E-state index contributed by atoms with van der Waals surface area (Å²) in [5, 5.41) is 4.15. The van der Waals surface area contributed by atoms with E-state index in [0.717, 1.165) is 12.1 Å². The fourth-order valence-electron chi connectivity index (χ4n) is 2.43. The Kier molecular flexibility index (Phi) is 3.53. The Morgan fingerprint density at radius 1 is 1.08 bits per heavy atom. The molecule has 4 aromatic rings. The van der Waals surface area contributed by atoms with Crippen LogP contribution in [-0.2, 0) is 6.18 Å². The number of alkyl halides is 3. The van der Waals surface area contributed by atoms with Crippen LogP contribution in [0.15, 0.2) is 52.0 Å². The second-order valence-corrected chi connectivity index (χ2v) is 5.27. The Labute approximate surface area is 142 Å². The van der Waals surface area contributed by atoms with Gasteiger partial charge in [0.05, 0.1) is 5.56 Å². The Bertz CT molecular complexity index is 1170. The molecule has 130 valence electrons. The molecular weight excluding hydrogens is 351 g/mol. The maximum atomic E-state index is 13.1. The summed E-state index contributed by atoms with van der Waals surface area (Å²) in [7, 11) is 0. The summed E-state index contributed by atoms with van der Waals surface area (Å²) in [6.45, 7) is 0. The minimum Gasteiger partial charge on any atom is -0.333 e. The zero-order valence-corrected chi connectivity index (χ0v) is 12.8. The van der Waals surface area contributed by atoms with Crippen LogP contribution in [0.1, 0.15) is 5.56 Å². The van der Waals surface area contributed by atoms with Gasteiger partial charge in [0.15, 0.2) is 0 Å². The smallest absolute Gasteiger partial charge is 0.333 e. The lowest BCUT2D eigenvalue weighted by atomic mass is 10.1. The monoisotopic (exact) mass is 359 g/mol. The summed E-state index contributed by atoms with van der Waals surface area (Å²) in [5.74, 6) is -0.579. The van der Waals surface area contributed by atoms with E-state index in [1.54, 1.807) is 12.1 Å². The summed E-state index contributed by atoms with van der Waals surface area (Å²) in [4.78, 5) is 26.4. The average molecular weight is 359 g/mol. The topological polar surface area (TPSA) is 97.6 Å². The number of aromatic nitrogens is 5. The molecule has 26 heavy (non-hydrogen) atoms. The predicted octanol–water partition coefficient (Wildman–Crippen LogP) is 3.05. The molecule has 7 nitrogen and oxygen atoms in total. The lowest BCUT2D eigenvalue weighted by Gasteiger charge is -2.08. The molecule has 0 aliphatic heterocycles. The van der Waals surface area contributed by atoms with Crippen LogP contribution in [0.25, 0.3) is 34.0 Å². The van der Waals surface area contributed by atoms with Crippen LogP contribution in [0.4, 0.5) is 13.2 Å². The molecule has 0 aliphatic rings. The van der Waals surface area contributed by atoms with Crippen molar-refractivity contribution in [1.29, 1.82) is 0 Å². The van der Waals surface area contributed by atoms with E-state index in [4.69, 9.17) is 4.52 Å². The molecule has 4 heterocycles. The standard InChI is InChI=1S/C16H8F3N5O2/c17-16(18,19)10-4-2-5-20-11(10)13-23-15(26-24-13)9-7-8-3-1-6-21-12(8)22-14(9)25/h1-7H,(H,21,22,25). The van der Waals surface area contributed by atoms with Crippen LogP contribution < -0.4 is 5.56 Å². The van der Waals surface area contributed by atoms with E-state index in [-0.39, 0.29) is 17.3 Å². The van der Waals surface area contributed by atoms with Gasteiger partial charge in [-0.05, 0) is 30.3 Å². The lowest BCUT2D eigenvalue weighted by molar-refractivity contribution is -0.137. The first kappa shape index (κ1) is 15.9. The fraction of sp³-hybridized carbons (Fsp3) is 0.0625. The van der Waals surface area contributed by atoms with E-state index in [9.17, 15) is 18.0 Å². The SMILES string of the molecule is O=c1[nH]c2ncccc2cc1-c1nc(-c2ncccc2C(F)(F)F)no1. The summed E-state index contributed by atoms with van der Waals surface area (Å²) in [6.07, 6.45) is -1.92. The number of nitrogens with zero attached hydrogens (tertiary/aromatic N) is 4. The molecule has 0 atom stereocenters. The fourth-order valence-corrected chi connectivity index (χ4v) is 2.43. The van der Waals surface area contributed by atoms with Crippen molar-refractivity contribution in [2.45, 2.75) is 6.18 Å². The molecule has 0 spiro atoms. The third-order valence-electron chi connectivity index (χ3n) is 3.60. The number of fused-ring (bicyclic) bond motifs is 1. The number of halogens is 3. The summed E-state index contributed by atoms with van der Waals surface area (Å²) >= 11 is 0. The highest BCUT2D eigenvalue weighted by atomic mass is 19.4. The second-order valence-electron chi connectivity index (χ2n) is 5.27. The van der Waals surface area contributed by atoms with Gasteiger partial charge in [-0.15, -0.1) is 0 Å². The van der Waals surface area contributed by atoms with E-state index in [0.29, 0.717) is 11.0 Å². The number of aromatic amines is 1. The van der Waals surface area contributed by atoms with Gasteiger partial charge < -0.3 is 9.51 Å². The first-order chi connectivity index (χ1) is 12.4. The van der Waals surface area contributed by atoms with Crippen molar-refractivity contribution in [3.05, 3.63) is 58.6 Å². The van der Waals surface area contributed by atoms with Crippen LogP contribution >= 0.6 is 0 Å². The molecule has 0 aliphatic carbocycles. The highest BCUT2D eigenvalue weighted by Gasteiger charge is 2.35. The quantitative estimate of drug-likeness (QED) is 0.591. The highest BCUT2D eigenvalue weighted by Crippen LogP contribution is 2.35. The van der Waals surface area contributed by atoms with Crippen LogP contribution in [0, 0.1) is 0 Å². The van der Waals surface area contributed by atoms with Crippen LogP contribution in [0.3, 0.4) is 0 Å². The molecule has 4 rings (SSSR count). The van der Waals surface area contributed by atoms with Crippen molar-refractivity contribution in [2.75, 3.05) is 0 Å². The van der Waals surface area contributed by atoms with E-state index in [1.165, 1.54) is 18.5 Å². The number of hydrogen-bond acceptors (Lipinski definition) is 6. The summed E-state index contributed by atoms with van der Waals surface area (Å²) in [6, 6.07) is 6.88. The minimum atomic E-state index is -4.63. The Hall–Kier alpha value is -3.56. The van der Waals surface area contributed by atoms with Crippen molar-refractivity contribution in [1.82, 2.24) is 25.1 Å². The lowest BCUT2D eigenvalue weighted by Crippen LogP contribution is -2.10. The number of H-pyrrole nitrogens is 1. The average Bonchev–Trinajstić information content (AvgIpc) is 3.10. The molecule has 1 N–H and O–H groups in total. The van der Waals surface area contributed by atoms with Gasteiger partial charge in [0, 0.05) is 17.8 Å². The summed E-state index contributed by atoms with van der Waals surface area (Å²) < 4.78 is 44.3. The van der Waals surface area contributed by atoms with Gasteiger partial charge in [0.25, 0.3) is 11.4 Å². The van der Waals surface area contributed by atoms with Crippen molar-refractivity contribution in [3.63, 3.8) is 0 Å². The molecule has 0 saturated carbocycles. The van der Waals surface area contributed by atoms with E-state index >= 15 is 0 Å². The Morgan fingerprint density at radius 3 is 2.65 bits per heavy atom. The van der Waals surface area contributed by atoms with E-state index < -0.39 is 23.0 Å². The maximum absolute atomic E-state index is 13.1. The molecule has 0 unspecified atom stereocenters. The van der Waals surface area contributed by atoms with Crippen LogP contribution in [0.2, 0.25) is 0 Å². The van der Waals surface area contributed by atoms with Crippen molar-refractivity contribution >= 4 is 11.0 Å². The number of rotatable bonds is 2. The van der Waals surface area contributed by atoms with Crippen LogP contribution in [-0.4, -0.2) is 25.1 Å². The van der Waals surface area contributed by atoms with Gasteiger partial charge in [-0.1, -0.05) is 5.16 Å². The molecule has 0 radical (unpaired) electrons. The van der Waals surface area contributed by atoms with Gasteiger partial charge in [0.1, 0.15) is 16.9 Å². The first-order valence-corrected chi connectivity index (χ1v) is 7.28. The molecule has 0 amide bonds. The molecule has 0 fully saturated rings. The van der Waals surface area contributed by atoms with Gasteiger partial charge in [-0.3, -0.25) is 9.78 Å².